The van der Waals surface area contributed by atoms with E-state index >= 15 is 0 Å². The summed E-state index contributed by atoms with van der Waals surface area (Å²) in [5.74, 6) is 5.00. The lowest BCUT2D eigenvalue weighted by Crippen LogP contribution is -2.50. The Balaban J connectivity index is 1.92. The first-order chi connectivity index (χ1) is 14.2. The molecule has 166 valence electrons. The minimum Gasteiger partial charge on any atom is -0.461 e. The van der Waals surface area contributed by atoms with Crippen LogP contribution in [-0.2, 0) is 9.53 Å². The minimum absolute atomic E-state index is 0.107. The number of esters is 1. The smallest absolute Gasteiger partial charge is 0.309 e. The van der Waals surface area contributed by atoms with Crippen LogP contribution in [0.2, 0.25) is 0 Å². The van der Waals surface area contributed by atoms with E-state index in [1.807, 2.05) is 11.8 Å². The lowest BCUT2D eigenvalue weighted by Gasteiger charge is -2.52. The summed E-state index contributed by atoms with van der Waals surface area (Å²) in [6.45, 7) is 6.86. The van der Waals surface area contributed by atoms with Crippen LogP contribution in [0.5, 0.6) is 0 Å². The molecule has 0 radical (unpaired) electrons. The van der Waals surface area contributed by atoms with Crippen LogP contribution >= 0.6 is 35.3 Å². The number of carbonyl (C=O) groups is 1. The molecule has 2 saturated carbocycles. The van der Waals surface area contributed by atoms with Gasteiger partial charge in [-0.1, -0.05) is 46.5 Å². The number of carbonyl (C=O) groups excluding carboxylic acids is 1. The van der Waals surface area contributed by atoms with Crippen molar-refractivity contribution in [3.05, 3.63) is 11.0 Å². The molecule has 0 aromatic rings. The molecule has 29 heavy (non-hydrogen) atoms. The van der Waals surface area contributed by atoms with Crippen molar-refractivity contribution >= 4 is 41.3 Å². The molecule has 2 nitrogen and oxygen atoms in total. The van der Waals surface area contributed by atoms with Gasteiger partial charge in [-0.25, -0.2) is 0 Å². The summed E-state index contributed by atoms with van der Waals surface area (Å²) in [6.07, 6.45) is 12.2. The van der Waals surface area contributed by atoms with Gasteiger partial charge in [0, 0.05) is 12.3 Å². The highest BCUT2D eigenvalue weighted by Gasteiger charge is 2.61. The van der Waals surface area contributed by atoms with E-state index in [1.165, 1.54) is 68.6 Å². The lowest BCUT2D eigenvalue weighted by molar-refractivity contribution is -0.144. The van der Waals surface area contributed by atoms with E-state index in [-0.39, 0.29) is 22.1 Å². The Morgan fingerprint density at radius 3 is 2.31 bits per heavy atom. The van der Waals surface area contributed by atoms with Crippen LogP contribution in [0.1, 0.15) is 85.0 Å². The molecule has 0 amide bonds. The SMILES string of the molecule is CCCCS/C=C1\CC2OC(=O)C3CCCC(C23)C1(SCCCC)SCCCC. The zero-order valence-corrected chi connectivity index (χ0v) is 21.1. The zero-order chi connectivity index (χ0) is 20.7. The molecule has 0 bridgehead atoms. The van der Waals surface area contributed by atoms with Gasteiger partial charge in [0.05, 0.1) is 10.00 Å². The van der Waals surface area contributed by atoms with Crippen molar-refractivity contribution in [1.29, 1.82) is 0 Å². The Labute approximate surface area is 191 Å². The van der Waals surface area contributed by atoms with Crippen molar-refractivity contribution in [1.82, 2.24) is 0 Å². The van der Waals surface area contributed by atoms with Crippen LogP contribution < -0.4 is 0 Å². The third-order valence-corrected chi connectivity index (χ3v) is 11.4. The second kappa shape index (κ2) is 11.8. The quantitative estimate of drug-likeness (QED) is 0.172. The Hall–Kier alpha value is 0.260. The number of hydrogen-bond acceptors (Lipinski definition) is 5. The number of ether oxygens (including phenoxy) is 1. The first kappa shape index (κ1) is 23.9. The lowest BCUT2D eigenvalue weighted by atomic mass is 9.64. The number of unbranched alkanes of at least 4 members (excludes halogenated alkanes) is 3. The number of thioether (sulfide) groups is 3. The van der Waals surface area contributed by atoms with Crippen molar-refractivity contribution < 1.29 is 9.53 Å². The zero-order valence-electron chi connectivity index (χ0n) is 18.6. The monoisotopic (exact) mass is 456 g/mol. The predicted octanol–water partition coefficient (Wildman–Crippen LogP) is 7.53. The highest BCUT2D eigenvalue weighted by molar-refractivity contribution is 8.18. The van der Waals surface area contributed by atoms with Gasteiger partial charge in [0.25, 0.3) is 0 Å². The molecule has 1 heterocycles. The van der Waals surface area contributed by atoms with Gasteiger partial charge in [-0.2, -0.15) is 0 Å². The Morgan fingerprint density at radius 1 is 1.00 bits per heavy atom. The van der Waals surface area contributed by atoms with Crippen LogP contribution in [0.25, 0.3) is 0 Å². The first-order valence-electron chi connectivity index (χ1n) is 12.0. The maximum absolute atomic E-state index is 12.6. The Kier molecular flexibility index (Phi) is 9.70. The maximum atomic E-state index is 12.6. The van der Waals surface area contributed by atoms with Crippen LogP contribution in [0, 0.1) is 17.8 Å². The number of hydrogen-bond donors (Lipinski definition) is 0. The molecule has 0 aromatic carbocycles. The molecule has 3 fully saturated rings. The van der Waals surface area contributed by atoms with E-state index in [2.05, 4.69) is 49.7 Å². The van der Waals surface area contributed by atoms with Gasteiger partial charge in [-0.05, 0) is 66.3 Å². The van der Waals surface area contributed by atoms with Gasteiger partial charge >= 0.3 is 5.97 Å². The molecule has 0 spiro atoms. The van der Waals surface area contributed by atoms with Gasteiger partial charge in [-0.3, -0.25) is 4.79 Å². The summed E-state index contributed by atoms with van der Waals surface area (Å²) in [5.41, 5.74) is 1.59. The van der Waals surface area contributed by atoms with E-state index in [0.717, 1.165) is 12.8 Å². The molecule has 4 atom stereocenters. The molecule has 0 aromatic heterocycles. The average molecular weight is 457 g/mol. The van der Waals surface area contributed by atoms with Crippen LogP contribution in [0.15, 0.2) is 11.0 Å². The van der Waals surface area contributed by atoms with Gasteiger partial charge in [0.2, 0.25) is 0 Å². The van der Waals surface area contributed by atoms with E-state index < -0.39 is 0 Å². The maximum Gasteiger partial charge on any atom is 0.309 e. The van der Waals surface area contributed by atoms with E-state index in [1.54, 1.807) is 5.57 Å². The summed E-state index contributed by atoms with van der Waals surface area (Å²) < 4.78 is 6.14. The fraction of sp³-hybridized carbons (Fsp3) is 0.875. The highest BCUT2D eigenvalue weighted by atomic mass is 32.2. The molecule has 5 heteroatoms. The predicted molar refractivity (Wildman–Crippen MR) is 132 cm³/mol. The molecule has 1 aliphatic heterocycles. The van der Waals surface area contributed by atoms with E-state index in [4.69, 9.17) is 4.74 Å². The van der Waals surface area contributed by atoms with Crippen molar-refractivity contribution in [2.75, 3.05) is 17.3 Å². The summed E-state index contributed by atoms with van der Waals surface area (Å²) in [6, 6.07) is 0. The standard InChI is InChI=1S/C24H40O2S3/c1-4-7-13-27-17-18-16-21-22-19(23(25)26-21)11-10-12-20(22)24(18,28-14-8-5-2)29-15-9-6-3/h17,19-22H,4-16H2,1-3H3/b18-17+. The molecule has 3 rings (SSSR count). The first-order valence-corrected chi connectivity index (χ1v) is 15.0. The normalized spacial score (nSPS) is 31.7. The second-order valence-electron chi connectivity index (χ2n) is 8.84. The third kappa shape index (κ3) is 5.37. The molecule has 2 aliphatic carbocycles. The minimum atomic E-state index is 0.107. The van der Waals surface area contributed by atoms with Crippen molar-refractivity contribution in [3.63, 3.8) is 0 Å². The molecular weight excluding hydrogens is 416 g/mol. The fourth-order valence-electron chi connectivity index (χ4n) is 5.24. The summed E-state index contributed by atoms with van der Waals surface area (Å²) in [7, 11) is 0. The largest absolute Gasteiger partial charge is 0.461 e. The van der Waals surface area contributed by atoms with E-state index in [9.17, 15) is 4.79 Å². The summed E-state index contributed by atoms with van der Waals surface area (Å²) in [5, 5.41) is 2.50. The molecule has 4 unspecified atom stereocenters. The van der Waals surface area contributed by atoms with Gasteiger partial charge in [-0.15, -0.1) is 35.3 Å². The third-order valence-electron chi connectivity index (χ3n) is 6.79. The Morgan fingerprint density at radius 2 is 1.66 bits per heavy atom. The fourth-order valence-corrected chi connectivity index (χ4v) is 10.4. The summed E-state index contributed by atoms with van der Waals surface area (Å²) in [4.78, 5) is 12.6. The second-order valence-corrected chi connectivity index (χ2v) is 12.8. The topological polar surface area (TPSA) is 26.3 Å². The summed E-state index contributed by atoms with van der Waals surface area (Å²) >= 11 is 6.45. The van der Waals surface area contributed by atoms with Crippen LogP contribution in [-0.4, -0.2) is 33.4 Å². The molecule has 0 N–H and O–H groups in total. The van der Waals surface area contributed by atoms with Gasteiger partial charge in [0.15, 0.2) is 0 Å². The Bertz CT molecular complexity index is 552. The van der Waals surface area contributed by atoms with Crippen LogP contribution in [0.4, 0.5) is 0 Å². The number of rotatable bonds is 12. The molecule has 3 aliphatic rings. The van der Waals surface area contributed by atoms with Gasteiger partial charge in [0.1, 0.15) is 6.10 Å². The molecular formula is C24H40O2S3. The van der Waals surface area contributed by atoms with Crippen LogP contribution in [0.3, 0.4) is 0 Å². The molecule has 1 saturated heterocycles. The van der Waals surface area contributed by atoms with Crippen molar-refractivity contribution in [2.45, 2.75) is 95.2 Å². The van der Waals surface area contributed by atoms with E-state index in [0.29, 0.717) is 11.8 Å². The average Bonchev–Trinajstić information content (AvgIpc) is 3.05. The highest BCUT2D eigenvalue weighted by Crippen LogP contribution is 2.63. The van der Waals surface area contributed by atoms with Crippen molar-refractivity contribution in [3.8, 4) is 0 Å². The van der Waals surface area contributed by atoms with Crippen molar-refractivity contribution in [2.24, 2.45) is 17.8 Å². The van der Waals surface area contributed by atoms with Gasteiger partial charge < -0.3 is 4.74 Å².